The topological polar surface area (TPSA) is 152 Å². The fourth-order valence-electron chi connectivity index (χ4n) is 5.06. The summed E-state index contributed by atoms with van der Waals surface area (Å²) in [6, 6.07) is 15.4. The third-order valence-electron chi connectivity index (χ3n) is 7.18. The normalized spacial score (nSPS) is 20.0. The first-order valence-corrected chi connectivity index (χ1v) is 13.3. The van der Waals surface area contributed by atoms with E-state index in [1.165, 1.54) is 41.3 Å². The summed E-state index contributed by atoms with van der Waals surface area (Å²) in [5.74, 6) is 0.499. The van der Waals surface area contributed by atoms with Crippen LogP contribution in [-0.4, -0.2) is 73.6 Å². The Morgan fingerprint density at radius 3 is 2.63 bits per heavy atom. The van der Waals surface area contributed by atoms with Crippen molar-refractivity contribution in [2.24, 2.45) is 0 Å². The molecule has 43 heavy (non-hydrogen) atoms. The van der Waals surface area contributed by atoms with Crippen LogP contribution in [0.15, 0.2) is 71.8 Å². The fraction of sp³-hybridized carbons (Fsp3) is 0.276. The molecule has 1 amide bonds. The molecule has 1 aliphatic heterocycles. The lowest BCUT2D eigenvalue weighted by atomic mass is 10.1. The Morgan fingerprint density at radius 2 is 1.86 bits per heavy atom. The van der Waals surface area contributed by atoms with Crippen LogP contribution in [0.5, 0.6) is 0 Å². The van der Waals surface area contributed by atoms with Gasteiger partial charge in [0.2, 0.25) is 6.29 Å². The summed E-state index contributed by atoms with van der Waals surface area (Å²) < 4.78 is 31.8. The molecule has 222 valence electrons. The van der Waals surface area contributed by atoms with Crippen LogP contribution in [-0.2, 0) is 16.0 Å². The molecule has 0 aliphatic carbocycles. The van der Waals surface area contributed by atoms with Gasteiger partial charge < -0.3 is 29.1 Å². The van der Waals surface area contributed by atoms with Crippen molar-refractivity contribution in [3.8, 4) is 11.3 Å². The second kappa shape index (κ2) is 11.4. The molecule has 0 unspecified atom stereocenters. The molecule has 4 atom stereocenters. The van der Waals surface area contributed by atoms with E-state index in [2.05, 4.69) is 20.1 Å². The maximum atomic E-state index is 13.7. The highest BCUT2D eigenvalue weighted by Gasteiger charge is 2.47. The Morgan fingerprint density at radius 1 is 1.07 bits per heavy atom. The summed E-state index contributed by atoms with van der Waals surface area (Å²) in [7, 11) is 3.26. The summed E-state index contributed by atoms with van der Waals surface area (Å²) >= 11 is 0. The van der Waals surface area contributed by atoms with Crippen molar-refractivity contribution in [3.05, 3.63) is 84.4 Å². The Balaban J connectivity index is 1.20. The van der Waals surface area contributed by atoms with Crippen molar-refractivity contribution in [1.29, 1.82) is 0 Å². The molecule has 5 aromatic rings. The third kappa shape index (κ3) is 5.27. The average Bonchev–Trinajstić information content (AvgIpc) is 3.68. The van der Waals surface area contributed by atoms with Crippen molar-refractivity contribution < 1.29 is 33.4 Å². The second-order valence-electron chi connectivity index (χ2n) is 10.1. The lowest BCUT2D eigenvalue weighted by Crippen LogP contribution is -2.38. The summed E-state index contributed by atoms with van der Waals surface area (Å²) in [4.78, 5) is 29.2. The monoisotopic (exact) mass is 589 g/mol. The summed E-state index contributed by atoms with van der Waals surface area (Å²) in [5.41, 5.74) is 2.99. The number of anilines is 2. The minimum atomic E-state index is -1.58. The number of hydrogen-bond acceptors (Lipinski definition) is 11. The minimum absolute atomic E-state index is 0.309. The van der Waals surface area contributed by atoms with Gasteiger partial charge in [-0.2, -0.15) is 0 Å². The van der Waals surface area contributed by atoms with Gasteiger partial charge in [-0.3, -0.25) is 9.47 Å². The number of carbonyl (C=O) groups is 1. The number of aliphatic hydroxyl groups excluding tert-OH is 2. The SMILES string of the molecule is Cc1onc(-c2ccccc2)c1N(C)C(=O)O[C@H]1O[C@@H](n2cnc3c(N(C)Cc4cccc(F)c4)ncnc32)[C@H](O)[C@@H]1O. The largest absolute Gasteiger partial charge is 0.416 e. The maximum absolute atomic E-state index is 13.7. The third-order valence-corrected chi connectivity index (χ3v) is 7.18. The number of halogens is 1. The lowest BCUT2D eigenvalue weighted by molar-refractivity contribution is -0.141. The van der Waals surface area contributed by atoms with E-state index in [1.807, 2.05) is 30.3 Å². The van der Waals surface area contributed by atoms with Crippen molar-refractivity contribution in [1.82, 2.24) is 24.7 Å². The van der Waals surface area contributed by atoms with Crippen molar-refractivity contribution in [2.45, 2.75) is 38.2 Å². The van der Waals surface area contributed by atoms with Gasteiger partial charge >= 0.3 is 6.09 Å². The standard InChI is InChI=1S/C29H28FN7O6/c1-16-22(20(34-43-16)18-9-5-4-6-10-18)36(3)29(40)42-28-24(39)23(38)27(41-28)37-15-33-21-25(31-14-32-26(21)37)35(2)13-17-8-7-11-19(30)12-17/h4-12,14-15,23-24,27-28,38-39H,13H2,1-3H3/t23-,24+,27-,28-/m1/s1. The van der Waals surface area contributed by atoms with Gasteiger partial charge in [0.1, 0.15) is 35.7 Å². The summed E-state index contributed by atoms with van der Waals surface area (Å²) in [5, 5.41) is 25.7. The maximum Gasteiger partial charge on any atom is 0.416 e. The van der Waals surface area contributed by atoms with E-state index < -0.39 is 30.8 Å². The van der Waals surface area contributed by atoms with Crippen LogP contribution in [0, 0.1) is 12.7 Å². The smallest absolute Gasteiger partial charge is 0.416 e. The molecule has 2 aromatic carbocycles. The number of rotatable bonds is 7. The number of imidazole rings is 1. The molecule has 1 saturated heterocycles. The highest BCUT2D eigenvalue weighted by atomic mass is 19.1. The van der Waals surface area contributed by atoms with Gasteiger partial charge in [0.15, 0.2) is 29.0 Å². The number of hydrogen-bond donors (Lipinski definition) is 2. The molecule has 13 nitrogen and oxygen atoms in total. The Bertz CT molecular complexity index is 1760. The van der Waals surface area contributed by atoms with Gasteiger partial charge in [0.25, 0.3) is 0 Å². The molecule has 0 bridgehead atoms. The fourth-order valence-corrected chi connectivity index (χ4v) is 5.06. The van der Waals surface area contributed by atoms with E-state index in [4.69, 9.17) is 14.0 Å². The van der Waals surface area contributed by atoms with Crippen LogP contribution in [0.4, 0.5) is 20.7 Å². The molecule has 0 saturated carbocycles. The van der Waals surface area contributed by atoms with E-state index in [0.717, 1.165) is 11.1 Å². The minimum Gasteiger partial charge on any atom is -0.416 e. The molecule has 3 aromatic heterocycles. The Kier molecular flexibility index (Phi) is 7.48. The number of nitrogens with zero attached hydrogens (tertiary/aromatic N) is 7. The van der Waals surface area contributed by atoms with E-state index in [9.17, 15) is 19.4 Å². The highest BCUT2D eigenvalue weighted by molar-refractivity contribution is 5.93. The van der Waals surface area contributed by atoms with Crippen molar-refractivity contribution in [2.75, 3.05) is 23.9 Å². The zero-order valence-electron chi connectivity index (χ0n) is 23.4. The van der Waals surface area contributed by atoms with Gasteiger partial charge in [-0.15, -0.1) is 0 Å². The average molecular weight is 590 g/mol. The van der Waals surface area contributed by atoms with Crippen molar-refractivity contribution >= 4 is 28.8 Å². The predicted octanol–water partition coefficient (Wildman–Crippen LogP) is 3.41. The predicted molar refractivity (Wildman–Crippen MR) is 151 cm³/mol. The van der Waals surface area contributed by atoms with Gasteiger partial charge in [-0.05, 0) is 24.6 Å². The van der Waals surface area contributed by atoms with Crippen LogP contribution in [0.1, 0.15) is 17.6 Å². The molecular weight excluding hydrogens is 561 g/mol. The van der Waals surface area contributed by atoms with Gasteiger partial charge in [-0.1, -0.05) is 47.6 Å². The number of aromatic nitrogens is 5. The van der Waals surface area contributed by atoms with Gasteiger partial charge in [0, 0.05) is 26.2 Å². The first kappa shape index (κ1) is 28.2. The van der Waals surface area contributed by atoms with Crippen LogP contribution < -0.4 is 9.80 Å². The van der Waals surface area contributed by atoms with Gasteiger partial charge in [0.05, 0.1) is 6.33 Å². The van der Waals surface area contributed by atoms with Crippen LogP contribution in [0.2, 0.25) is 0 Å². The number of carbonyl (C=O) groups excluding carboxylic acids is 1. The van der Waals surface area contributed by atoms with Crippen molar-refractivity contribution in [3.63, 3.8) is 0 Å². The van der Waals surface area contributed by atoms with E-state index in [0.29, 0.717) is 40.7 Å². The number of aliphatic hydroxyl groups is 2. The first-order valence-electron chi connectivity index (χ1n) is 13.3. The molecule has 0 spiro atoms. The van der Waals surface area contributed by atoms with Crippen LogP contribution >= 0.6 is 0 Å². The number of amides is 1. The quantitative estimate of drug-likeness (QED) is 0.287. The molecule has 1 fully saturated rings. The zero-order valence-corrected chi connectivity index (χ0v) is 23.4. The molecule has 6 rings (SSSR count). The first-order chi connectivity index (χ1) is 20.7. The molecular formula is C29H28FN7O6. The molecule has 14 heteroatoms. The summed E-state index contributed by atoms with van der Waals surface area (Å²) in [6.45, 7) is 2.01. The highest BCUT2D eigenvalue weighted by Crippen LogP contribution is 2.36. The van der Waals surface area contributed by atoms with E-state index >= 15 is 0 Å². The zero-order chi connectivity index (χ0) is 30.2. The van der Waals surface area contributed by atoms with E-state index in [-0.39, 0.29) is 5.82 Å². The molecule has 4 heterocycles. The molecule has 0 radical (unpaired) electrons. The van der Waals surface area contributed by atoms with Crippen LogP contribution in [0.3, 0.4) is 0 Å². The van der Waals surface area contributed by atoms with Crippen LogP contribution in [0.25, 0.3) is 22.4 Å². The summed E-state index contributed by atoms with van der Waals surface area (Å²) in [6.07, 6.45) is -3.90. The number of aryl methyl sites for hydroxylation is 1. The molecule has 2 N–H and O–H groups in total. The second-order valence-corrected chi connectivity index (χ2v) is 10.1. The molecule has 1 aliphatic rings. The Hall–Kier alpha value is -4.92. The Labute approximate surface area is 244 Å². The number of ether oxygens (including phenoxy) is 2. The number of benzene rings is 2. The number of fused-ring (bicyclic) bond motifs is 1. The van der Waals surface area contributed by atoms with Gasteiger partial charge in [-0.25, -0.2) is 24.1 Å². The lowest BCUT2D eigenvalue weighted by Gasteiger charge is -2.21. The van der Waals surface area contributed by atoms with E-state index in [1.54, 1.807) is 31.0 Å².